The maximum Gasteiger partial charge on any atom is 0.240 e. The molecule has 2 aliphatic rings. The highest BCUT2D eigenvalue weighted by atomic mass is 32.2. The van der Waals surface area contributed by atoms with Gasteiger partial charge in [0.1, 0.15) is 5.75 Å². The Kier molecular flexibility index (Phi) is 6.69. The van der Waals surface area contributed by atoms with Crippen LogP contribution in [0.4, 0.5) is 5.69 Å². The van der Waals surface area contributed by atoms with Gasteiger partial charge >= 0.3 is 0 Å². The minimum Gasteiger partial charge on any atom is -0.495 e. The van der Waals surface area contributed by atoms with Crippen molar-refractivity contribution in [2.24, 2.45) is 0 Å². The van der Waals surface area contributed by atoms with Crippen molar-refractivity contribution in [3.63, 3.8) is 0 Å². The first kappa shape index (κ1) is 20.8. The molecule has 2 heterocycles. The largest absolute Gasteiger partial charge is 0.495 e. The Labute approximate surface area is 165 Å². The Hall–Kier alpha value is -1.97. The van der Waals surface area contributed by atoms with Crippen LogP contribution in [0.2, 0.25) is 0 Å². The summed E-state index contributed by atoms with van der Waals surface area (Å²) < 4.78 is 33.1. The van der Waals surface area contributed by atoms with Crippen molar-refractivity contribution in [1.29, 1.82) is 0 Å². The van der Waals surface area contributed by atoms with Gasteiger partial charge in [-0.15, -0.1) is 0 Å². The first-order chi connectivity index (χ1) is 13.4. The van der Waals surface area contributed by atoms with Gasteiger partial charge in [-0.05, 0) is 57.1 Å². The predicted molar refractivity (Wildman–Crippen MR) is 105 cm³/mol. The molecule has 8 nitrogen and oxygen atoms in total. The number of benzene rings is 1. The van der Waals surface area contributed by atoms with E-state index in [9.17, 15) is 18.0 Å². The lowest BCUT2D eigenvalue weighted by Gasteiger charge is -2.26. The Morgan fingerprint density at radius 1 is 1.07 bits per heavy atom. The zero-order valence-electron chi connectivity index (χ0n) is 16.1. The van der Waals surface area contributed by atoms with Crippen LogP contribution in [0.5, 0.6) is 5.75 Å². The summed E-state index contributed by atoms with van der Waals surface area (Å²) in [6, 6.07) is 4.21. The van der Waals surface area contributed by atoms with Crippen LogP contribution in [0.25, 0.3) is 0 Å². The van der Waals surface area contributed by atoms with Crippen molar-refractivity contribution in [3.8, 4) is 5.75 Å². The smallest absolute Gasteiger partial charge is 0.240 e. The Balaban J connectivity index is 1.68. The SMILES string of the molecule is COc1ccc(S(=O)(=O)NCCCN2CCCCC2)cc1N1C(=O)CCC1=O. The summed E-state index contributed by atoms with van der Waals surface area (Å²) in [5, 5.41) is 0. The summed E-state index contributed by atoms with van der Waals surface area (Å²) in [7, 11) is -2.34. The maximum atomic E-state index is 12.7. The van der Waals surface area contributed by atoms with E-state index in [4.69, 9.17) is 4.74 Å². The number of imide groups is 1. The van der Waals surface area contributed by atoms with E-state index in [2.05, 4.69) is 9.62 Å². The summed E-state index contributed by atoms with van der Waals surface area (Å²) in [5.41, 5.74) is 0.172. The van der Waals surface area contributed by atoms with E-state index in [1.807, 2.05) is 0 Å². The summed E-state index contributed by atoms with van der Waals surface area (Å²) in [5.74, 6) is -0.424. The molecule has 0 aliphatic carbocycles. The number of carbonyl (C=O) groups is 2. The van der Waals surface area contributed by atoms with E-state index in [1.54, 1.807) is 0 Å². The van der Waals surface area contributed by atoms with E-state index < -0.39 is 10.0 Å². The van der Waals surface area contributed by atoms with Crippen molar-refractivity contribution in [1.82, 2.24) is 9.62 Å². The number of sulfonamides is 1. The molecule has 1 aromatic rings. The molecule has 2 saturated heterocycles. The van der Waals surface area contributed by atoms with E-state index in [1.165, 1.54) is 44.6 Å². The zero-order chi connectivity index (χ0) is 20.1. The number of methoxy groups -OCH3 is 1. The highest BCUT2D eigenvalue weighted by Crippen LogP contribution is 2.34. The molecule has 2 fully saturated rings. The second-order valence-electron chi connectivity index (χ2n) is 7.11. The number of nitrogens with one attached hydrogen (secondary N) is 1. The standard InChI is InChI=1S/C19H27N3O5S/c1-27-17-7-6-15(14-16(17)22-18(23)8-9-19(22)24)28(25,26)20-10-5-13-21-11-3-2-4-12-21/h6-7,14,20H,2-5,8-13H2,1H3. The van der Waals surface area contributed by atoms with Crippen LogP contribution < -0.4 is 14.4 Å². The third kappa shape index (κ3) is 4.71. The number of ether oxygens (including phenoxy) is 1. The van der Waals surface area contributed by atoms with Gasteiger partial charge in [0.25, 0.3) is 0 Å². The molecule has 28 heavy (non-hydrogen) atoms. The molecular formula is C19H27N3O5S. The van der Waals surface area contributed by atoms with Crippen LogP contribution in [0.15, 0.2) is 23.1 Å². The number of hydrogen-bond donors (Lipinski definition) is 1. The van der Waals surface area contributed by atoms with Crippen LogP contribution in [0.3, 0.4) is 0 Å². The highest BCUT2D eigenvalue weighted by Gasteiger charge is 2.33. The fraction of sp³-hybridized carbons (Fsp3) is 0.579. The fourth-order valence-electron chi connectivity index (χ4n) is 3.63. The molecule has 0 spiro atoms. The second kappa shape index (κ2) is 9.02. The molecular weight excluding hydrogens is 382 g/mol. The van der Waals surface area contributed by atoms with E-state index in [-0.39, 0.29) is 41.0 Å². The Morgan fingerprint density at radius 3 is 2.39 bits per heavy atom. The predicted octanol–water partition coefficient (Wildman–Crippen LogP) is 1.50. The molecule has 154 valence electrons. The first-order valence-electron chi connectivity index (χ1n) is 9.68. The second-order valence-corrected chi connectivity index (χ2v) is 8.88. The number of anilines is 1. The normalized spacial score (nSPS) is 18.7. The van der Waals surface area contributed by atoms with Crippen molar-refractivity contribution in [3.05, 3.63) is 18.2 Å². The minimum atomic E-state index is -3.75. The van der Waals surface area contributed by atoms with Gasteiger partial charge in [-0.2, -0.15) is 0 Å². The van der Waals surface area contributed by atoms with Gasteiger partial charge < -0.3 is 9.64 Å². The number of amides is 2. The van der Waals surface area contributed by atoms with Crippen LogP contribution in [-0.2, 0) is 19.6 Å². The summed E-state index contributed by atoms with van der Waals surface area (Å²) in [6.45, 7) is 3.36. The number of likely N-dealkylation sites (tertiary alicyclic amines) is 1. The van der Waals surface area contributed by atoms with Crippen LogP contribution in [0.1, 0.15) is 38.5 Å². The van der Waals surface area contributed by atoms with Crippen molar-refractivity contribution in [2.75, 3.05) is 38.2 Å². The van der Waals surface area contributed by atoms with Crippen LogP contribution in [-0.4, -0.2) is 58.4 Å². The molecule has 0 aromatic heterocycles. The topological polar surface area (TPSA) is 96.0 Å². The van der Waals surface area contributed by atoms with Crippen molar-refractivity contribution < 1.29 is 22.7 Å². The molecule has 3 rings (SSSR count). The average Bonchev–Trinajstić information content (AvgIpc) is 3.03. The number of hydrogen-bond acceptors (Lipinski definition) is 6. The Bertz CT molecular complexity index is 818. The van der Waals surface area contributed by atoms with Gasteiger partial charge in [0.15, 0.2) is 0 Å². The molecule has 0 bridgehead atoms. The van der Waals surface area contributed by atoms with Crippen molar-refractivity contribution in [2.45, 2.75) is 43.4 Å². The lowest BCUT2D eigenvalue weighted by Crippen LogP contribution is -2.33. The quantitative estimate of drug-likeness (QED) is 0.516. The monoisotopic (exact) mass is 409 g/mol. The first-order valence-corrected chi connectivity index (χ1v) is 11.2. The third-order valence-electron chi connectivity index (χ3n) is 5.14. The summed E-state index contributed by atoms with van der Waals surface area (Å²) in [4.78, 5) is 27.5. The van der Waals surface area contributed by atoms with Gasteiger partial charge in [-0.25, -0.2) is 18.0 Å². The average molecular weight is 410 g/mol. The number of carbonyl (C=O) groups excluding carboxylic acids is 2. The third-order valence-corrected chi connectivity index (χ3v) is 6.60. The fourth-order valence-corrected chi connectivity index (χ4v) is 4.73. The molecule has 2 amide bonds. The van der Waals surface area contributed by atoms with E-state index >= 15 is 0 Å². The maximum absolute atomic E-state index is 12.7. The minimum absolute atomic E-state index is 0.00812. The number of nitrogens with zero attached hydrogens (tertiary/aromatic N) is 2. The van der Waals surface area contributed by atoms with Gasteiger partial charge in [-0.3, -0.25) is 9.59 Å². The van der Waals surface area contributed by atoms with Gasteiger partial charge in [0.05, 0.1) is 17.7 Å². The molecule has 0 saturated carbocycles. The van der Waals surface area contributed by atoms with Crippen LogP contribution >= 0.6 is 0 Å². The van der Waals surface area contributed by atoms with E-state index in [0.717, 1.165) is 31.0 Å². The van der Waals surface area contributed by atoms with E-state index in [0.29, 0.717) is 6.54 Å². The summed E-state index contributed by atoms with van der Waals surface area (Å²) >= 11 is 0. The molecule has 2 aliphatic heterocycles. The lowest BCUT2D eigenvalue weighted by atomic mass is 10.1. The molecule has 0 atom stereocenters. The molecule has 9 heteroatoms. The van der Waals surface area contributed by atoms with Gasteiger partial charge in [0, 0.05) is 19.4 Å². The zero-order valence-corrected chi connectivity index (χ0v) is 17.0. The molecule has 0 unspecified atom stereocenters. The van der Waals surface area contributed by atoms with Gasteiger partial charge in [0.2, 0.25) is 21.8 Å². The van der Waals surface area contributed by atoms with Gasteiger partial charge in [-0.1, -0.05) is 6.42 Å². The molecule has 1 aromatic carbocycles. The number of rotatable bonds is 8. The van der Waals surface area contributed by atoms with Crippen LogP contribution in [0, 0.1) is 0 Å². The molecule has 0 radical (unpaired) electrons. The molecule has 1 N–H and O–H groups in total. The lowest BCUT2D eigenvalue weighted by molar-refractivity contribution is -0.121. The summed E-state index contributed by atoms with van der Waals surface area (Å²) in [6.07, 6.45) is 4.64. The number of piperidine rings is 1. The van der Waals surface area contributed by atoms with Crippen molar-refractivity contribution >= 4 is 27.5 Å². The highest BCUT2D eigenvalue weighted by molar-refractivity contribution is 7.89. The Morgan fingerprint density at radius 2 is 1.75 bits per heavy atom.